The molecule has 6 nitrogen and oxygen atoms in total. The van der Waals surface area contributed by atoms with Gasteiger partial charge in [0.25, 0.3) is 0 Å². The van der Waals surface area contributed by atoms with Gasteiger partial charge in [-0.3, -0.25) is 14.7 Å². The number of hydrogen-bond donors (Lipinski definition) is 0. The molecule has 1 amide bonds. The summed E-state index contributed by atoms with van der Waals surface area (Å²) in [4.78, 5) is 23.8. The maximum Gasteiger partial charge on any atom is 0.416 e. The molecule has 7 rings (SSSR count). The highest BCUT2D eigenvalue weighted by atomic mass is 127. The maximum atomic E-state index is 14.2. The van der Waals surface area contributed by atoms with E-state index in [2.05, 4.69) is 124 Å². The van der Waals surface area contributed by atoms with Gasteiger partial charge in [0.1, 0.15) is 11.8 Å². The Morgan fingerprint density at radius 1 is 0.854 bits per heavy atom. The highest BCUT2D eigenvalue weighted by molar-refractivity contribution is 14.1. The Kier molecular flexibility index (Phi) is 6.27. The van der Waals surface area contributed by atoms with Crippen LogP contribution in [-0.4, -0.2) is 61.0 Å². The summed E-state index contributed by atoms with van der Waals surface area (Å²) in [7, 11) is 4.48. The van der Waals surface area contributed by atoms with Gasteiger partial charge < -0.3 is 9.64 Å². The summed E-state index contributed by atoms with van der Waals surface area (Å²) in [5.74, 6) is 0. The fourth-order valence-electron chi connectivity index (χ4n) is 8.75. The number of likely N-dealkylation sites (tertiary alicyclic amines) is 2. The number of amides is 1. The van der Waals surface area contributed by atoms with Crippen LogP contribution >= 0.6 is 22.6 Å². The van der Waals surface area contributed by atoms with Crippen LogP contribution in [0.2, 0.25) is 0 Å². The molecular formula is C34H39IN4O2. The number of carbonyl (C=O) groups is 1. The van der Waals surface area contributed by atoms with E-state index in [0.29, 0.717) is 0 Å². The molecule has 0 saturated carbocycles. The first kappa shape index (κ1) is 27.2. The number of anilines is 2. The van der Waals surface area contributed by atoms with Crippen molar-refractivity contribution >= 4 is 40.1 Å². The van der Waals surface area contributed by atoms with Gasteiger partial charge in [-0.2, -0.15) is 0 Å². The van der Waals surface area contributed by atoms with E-state index in [1.54, 1.807) is 0 Å². The van der Waals surface area contributed by atoms with E-state index < -0.39 is 5.60 Å². The Morgan fingerprint density at radius 3 is 2.17 bits per heavy atom. The average molecular weight is 663 g/mol. The lowest BCUT2D eigenvalue weighted by atomic mass is 9.55. The molecule has 0 aliphatic carbocycles. The van der Waals surface area contributed by atoms with Crippen LogP contribution in [-0.2, 0) is 22.1 Å². The molecule has 2 fully saturated rings. The van der Waals surface area contributed by atoms with E-state index >= 15 is 0 Å². The Labute approximate surface area is 257 Å². The molecule has 4 atom stereocenters. The first-order valence-electron chi connectivity index (χ1n) is 14.7. The van der Waals surface area contributed by atoms with Crippen molar-refractivity contribution in [2.45, 2.75) is 68.9 Å². The zero-order valence-electron chi connectivity index (χ0n) is 24.6. The van der Waals surface area contributed by atoms with Gasteiger partial charge in [0.05, 0.1) is 11.9 Å². The minimum absolute atomic E-state index is 0.137. The molecule has 3 aromatic rings. The second-order valence-electron chi connectivity index (χ2n) is 13.3. The Bertz CT molecular complexity index is 1510. The van der Waals surface area contributed by atoms with Gasteiger partial charge in [0.15, 0.2) is 0 Å². The predicted octanol–water partition coefficient (Wildman–Crippen LogP) is 6.57. The van der Waals surface area contributed by atoms with Crippen molar-refractivity contribution in [3.8, 4) is 0 Å². The van der Waals surface area contributed by atoms with Crippen molar-refractivity contribution in [3.63, 3.8) is 0 Å². The van der Waals surface area contributed by atoms with Crippen molar-refractivity contribution in [3.05, 3.63) is 93.1 Å². The first-order valence-corrected chi connectivity index (χ1v) is 15.8. The number of halogens is 1. The Morgan fingerprint density at radius 2 is 1.46 bits per heavy atom. The Balaban J connectivity index is 1.48. The third-order valence-corrected chi connectivity index (χ3v) is 10.8. The third kappa shape index (κ3) is 3.70. The minimum Gasteiger partial charge on any atom is -0.443 e. The number of fused-ring (bicyclic) bond motifs is 7. The van der Waals surface area contributed by atoms with E-state index in [-0.39, 0.29) is 29.3 Å². The first-order chi connectivity index (χ1) is 19.6. The molecule has 214 valence electrons. The van der Waals surface area contributed by atoms with Crippen LogP contribution in [0.4, 0.5) is 16.2 Å². The SMILES string of the molecule is CN1CC[C@@]2([C@@]34CCN(C)[C@@H]3N(C(=O)OC(C)(C)C)c3c(I)cccc34)c3ccccc3N(Cc3ccccc3)[C@@H]12. The van der Waals surface area contributed by atoms with Gasteiger partial charge in [-0.1, -0.05) is 60.7 Å². The summed E-state index contributed by atoms with van der Waals surface area (Å²) >= 11 is 2.42. The van der Waals surface area contributed by atoms with Crippen molar-refractivity contribution in [2.75, 3.05) is 37.0 Å². The number of ether oxygens (including phenoxy) is 1. The lowest BCUT2D eigenvalue weighted by Crippen LogP contribution is -2.64. The number of benzene rings is 3. The molecule has 0 N–H and O–H groups in total. The van der Waals surface area contributed by atoms with Crippen LogP contribution in [0.15, 0.2) is 72.8 Å². The molecule has 7 heteroatoms. The lowest BCUT2D eigenvalue weighted by molar-refractivity contribution is 0.0488. The number of rotatable bonds is 3. The summed E-state index contributed by atoms with van der Waals surface area (Å²) in [5, 5.41) is 0. The fraction of sp³-hybridized carbons (Fsp3) is 0.441. The van der Waals surface area contributed by atoms with Gasteiger partial charge in [0, 0.05) is 39.7 Å². The molecule has 0 bridgehead atoms. The largest absolute Gasteiger partial charge is 0.443 e. The van der Waals surface area contributed by atoms with E-state index in [0.717, 1.165) is 41.7 Å². The number of hydrogen-bond acceptors (Lipinski definition) is 5. The molecule has 3 aromatic carbocycles. The summed E-state index contributed by atoms with van der Waals surface area (Å²) < 4.78 is 7.23. The van der Waals surface area contributed by atoms with E-state index in [4.69, 9.17) is 4.74 Å². The zero-order valence-corrected chi connectivity index (χ0v) is 26.8. The standard InChI is InChI=1S/C34H39IN4O2/c1-32(2,3)41-31(40)39-28-25(15-11-16-26(28)35)34(19-21-37(5)30(34)39)33-18-20-36(4)29(33)38(22-23-12-7-6-8-13-23)27-17-10-9-14-24(27)33/h6-17,29-30H,18-22H2,1-5H3/t29-,30-,33-,34-/m1/s1. The summed E-state index contributed by atoms with van der Waals surface area (Å²) in [6, 6.07) is 26.5. The third-order valence-electron chi connectivity index (χ3n) is 9.96. The second kappa shape index (κ2) is 9.44. The highest BCUT2D eigenvalue weighted by Crippen LogP contribution is 2.69. The van der Waals surface area contributed by atoms with Crippen LogP contribution in [0.25, 0.3) is 0 Å². The molecule has 2 saturated heterocycles. The van der Waals surface area contributed by atoms with Gasteiger partial charge in [0.2, 0.25) is 0 Å². The molecule has 41 heavy (non-hydrogen) atoms. The lowest BCUT2D eigenvalue weighted by Gasteiger charge is -2.50. The quantitative estimate of drug-likeness (QED) is 0.297. The molecule has 4 aliphatic heterocycles. The normalized spacial score (nSPS) is 28.9. The topological polar surface area (TPSA) is 39.3 Å². The minimum atomic E-state index is -0.583. The van der Waals surface area contributed by atoms with Crippen LogP contribution in [0, 0.1) is 3.57 Å². The van der Waals surface area contributed by atoms with Crippen LogP contribution in [0.5, 0.6) is 0 Å². The van der Waals surface area contributed by atoms with Crippen molar-refractivity contribution in [1.29, 1.82) is 0 Å². The number of para-hydroxylation sites is 2. The van der Waals surface area contributed by atoms with E-state index in [1.165, 1.54) is 22.4 Å². The second-order valence-corrected chi connectivity index (χ2v) is 14.4. The molecule has 0 radical (unpaired) electrons. The van der Waals surface area contributed by atoms with Gasteiger partial charge in [-0.15, -0.1) is 0 Å². The van der Waals surface area contributed by atoms with Crippen LogP contribution in [0.1, 0.15) is 50.3 Å². The molecule has 0 unspecified atom stereocenters. The monoisotopic (exact) mass is 662 g/mol. The molecular weight excluding hydrogens is 623 g/mol. The van der Waals surface area contributed by atoms with Crippen LogP contribution < -0.4 is 9.80 Å². The van der Waals surface area contributed by atoms with Crippen LogP contribution in [0.3, 0.4) is 0 Å². The van der Waals surface area contributed by atoms with Gasteiger partial charge in [-0.05, 0) is 99.1 Å². The van der Waals surface area contributed by atoms with Crippen molar-refractivity contribution < 1.29 is 9.53 Å². The predicted molar refractivity (Wildman–Crippen MR) is 172 cm³/mol. The highest BCUT2D eigenvalue weighted by Gasteiger charge is 2.74. The fourth-order valence-corrected chi connectivity index (χ4v) is 9.50. The molecule has 4 aliphatic rings. The summed E-state index contributed by atoms with van der Waals surface area (Å²) in [6.45, 7) is 8.65. The number of likely N-dealkylation sites (N-methyl/N-ethyl adjacent to an activating group) is 2. The van der Waals surface area contributed by atoms with E-state index in [9.17, 15) is 4.79 Å². The van der Waals surface area contributed by atoms with E-state index in [1.807, 2.05) is 25.7 Å². The van der Waals surface area contributed by atoms with Gasteiger partial charge in [-0.25, -0.2) is 4.79 Å². The molecule has 4 heterocycles. The van der Waals surface area contributed by atoms with Crippen molar-refractivity contribution in [2.24, 2.45) is 0 Å². The number of carbonyl (C=O) groups excluding carboxylic acids is 1. The maximum absolute atomic E-state index is 14.2. The van der Waals surface area contributed by atoms with Gasteiger partial charge >= 0.3 is 6.09 Å². The summed E-state index contributed by atoms with van der Waals surface area (Å²) in [5.41, 5.74) is 5.28. The molecule has 0 spiro atoms. The molecule has 0 aromatic heterocycles. The Hall–Kier alpha value is -2.62. The smallest absolute Gasteiger partial charge is 0.416 e. The average Bonchev–Trinajstić information content (AvgIpc) is 3.63. The van der Waals surface area contributed by atoms with Crippen molar-refractivity contribution in [1.82, 2.24) is 9.80 Å². The summed E-state index contributed by atoms with van der Waals surface area (Å²) in [6.07, 6.45) is 1.79. The zero-order chi connectivity index (χ0) is 28.7. The number of nitrogens with zero attached hydrogens (tertiary/aromatic N) is 4.